The zero-order valence-electron chi connectivity index (χ0n) is 20.0. The van der Waals surface area contributed by atoms with Crippen LogP contribution in [0.2, 0.25) is 0 Å². The number of fused-ring (bicyclic) bond motifs is 1. The first-order valence-electron chi connectivity index (χ1n) is 11.1. The summed E-state index contributed by atoms with van der Waals surface area (Å²) < 4.78 is 43.7. The SMILES string of the molecule is CC/C(=C/C=C(/P)CC)CC(F)(F)F.Cn1c(COc2ccccc2C(=O)O)nc2ccccc21. The number of nitrogens with zero attached hydrogens (tertiary/aromatic N) is 2. The number of hydrogen-bond acceptors (Lipinski definition) is 3. The predicted octanol–water partition coefficient (Wildman–Crippen LogP) is 7.29. The molecule has 1 heterocycles. The van der Waals surface area contributed by atoms with Crippen molar-refractivity contribution in [2.75, 3.05) is 0 Å². The van der Waals surface area contributed by atoms with Crippen molar-refractivity contribution < 1.29 is 27.8 Å². The normalized spacial score (nSPS) is 12.3. The Morgan fingerprint density at radius 2 is 1.74 bits per heavy atom. The Bertz CT molecular complexity index is 1200. The number of aryl methyl sites for hydroxylation is 1. The maximum atomic E-state index is 12.0. The molecule has 0 saturated carbocycles. The van der Waals surface area contributed by atoms with Crippen molar-refractivity contribution in [1.82, 2.24) is 9.55 Å². The molecule has 2 aromatic carbocycles. The van der Waals surface area contributed by atoms with Crippen LogP contribution in [0.15, 0.2) is 71.6 Å². The molecular formula is C26H30F3N2O3P. The monoisotopic (exact) mass is 506 g/mol. The summed E-state index contributed by atoms with van der Waals surface area (Å²) in [6.45, 7) is 3.91. The van der Waals surface area contributed by atoms with Gasteiger partial charge in [-0.15, -0.1) is 9.24 Å². The maximum absolute atomic E-state index is 12.0. The molecule has 0 saturated heterocycles. The highest BCUT2D eigenvalue weighted by atomic mass is 31.0. The third-order valence-corrected chi connectivity index (χ3v) is 5.78. The van der Waals surface area contributed by atoms with E-state index in [0.717, 1.165) is 28.6 Å². The zero-order chi connectivity index (χ0) is 26.0. The van der Waals surface area contributed by atoms with Gasteiger partial charge in [0.05, 0.1) is 17.5 Å². The molecule has 1 N–H and O–H groups in total. The fraction of sp³-hybridized carbons (Fsp3) is 0.308. The second kappa shape index (κ2) is 13.1. The summed E-state index contributed by atoms with van der Waals surface area (Å²) >= 11 is 0. The smallest absolute Gasteiger partial charge is 0.392 e. The highest BCUT2D eigenvalue weighted by Crippen LogP contribution is 2.26. The van der Waals surface area contributed by atoms with Gasteiger partial charge in [0.2, 0.25) is 0 Å². The predicted molar refractivity (Wildman–Crippen MR) is 136 cm³/mol. The standard InChI is InChI=1S/C16H14N2O3.C10H16F3P/c1-18-13-8-4-3-7-12(13)17-15(18)10-21-14-9-5-2-6-11(14)16(19)20;1-3-8(7-10(11,12)13)5-6-9(14)4-2/h2-9H,10H2,1H3,(H,19,20);5-6H,3-4,7,14H2,1-2H3/b;8-5-,9-6+. The Kier molecular flexibility index (Phi) is 10.5. The second-order valence-corrected chi connectivity index (χ2v) is 8.47. The van der Waals surface area contributed by atoms with Crippen molar-refractivity contribution in [2.24, 2.45) is 7.05 Å². The molecule has 0 amide bonds. The molecular weight excluding hydrogens is 476 g/mol. The van der Waals surface area contributed by atoms with E-state index in [1.807, 2.05) is 42.8 Å². The van der Waals surface area contributed by atoms with Gasteiger partial charge in [0.25, 0.3) is 0 Å². The van der Waals surface area contributed by atoms with E-state index in [4.69, 9.17) is 9.84 Å². The number of carbonyl (C=O) groups is 1. The van der Waals surface area contributed by atoms with Gasteiger partial charge in [-0.2, -0.15) is 13.2 Å². The highest BCUT2D eigenvalue weighted by molar-refractivity contribution is 7.22. The van der Waals surface area contributed by atoms with Crippen LogP contribution in [0.5, 0.6) is 5.75 Å². The van der Waals surface area contributed by atoms with E-state index in [9.17, 15) is 18.0 Å². The molecule has 0 radical (unpaired) electrons. The number of hydrogen-bond donors (Lipinski definition) is 1. The summed E-state index contributed by atoms with van der Waals surface area (Å²) in [4.78, 5) is 15.6. The van der Waals surface area contributed by atoms with E-state index in [-0.39, 0.29) is 12.2 Å². The number of aromatic nitrogens is 2. The van der Waals surface area contributed by atoms with Gasteiger partial charge in [-0.3, -0.25) is 0 Å². The van der Waals surface area contributed by atoms with Crippen molar-refractivity contribution in [1.29, 1.82) is 0 Å². The van der Waals surface area contributed by atoms with Gasteiger partial charge in [0.1, 0.15) is 23.7 Å². The van der Waals surface area contributed by atoms with Gasteiger partial charge in [-0.25, -0.2) is 9.78 Å². The Balaban J connectivity index is 0.000000271. The van der Waals surface area contributed by atoms with Crippen LogP contribution in [0.25, 0.3) is 11.0 Å². The molecule has 35 heavy (non-hydrogen) atoms. The number of imidazole rings is 1. The van der Waals surface area contributed by atoms with E-state index in [0.29, 0.717) is 17.7 Å². The van der Waals surface area contributed by atoms with Crippen molar-refractivity contribution in [3.05, 3.63) is 83.0 Å². The van der Waals surface area contributed by atoms with Crippen LogP contribution in [0, 0.1) is 0 Å². The van der Waals surface area contributed by atoms with Crippen LogP contribution < -0.4 is 4.74 Å². The minimum Gasteiger partial charge on any atom is -0.485 e. The minimum atomic E-state index is -4.09. The largest absolute Gasteiger partial charge is 0.485 e. The number of allylic oxidation sites excluding steroid dienone is 4. The lowest BCUT2D eigenvalue weighted by atomic mass is 10.1. The number of carboxylic acid groups (broad SMARTS) is 1. The molecule has 0 bridgehead atoms. The Morgan fingerprint density at radius 3 is 2.34 bits per heavy atom. The Morgan fingerprint density at radius 1 is 1.09 bits per heavy atom. The van der Waals surface area contributed by atoms with Crippen LogP contribution in [0.1, 0.15) is 49.3 Å². The molecule has 0 spiro atoms. The lowest BCUT2D eigenvalue weighted by molar-refractivity contribution is -0.127. The van der Waals surface area contributed by atoms with E-state index >= 15 is 0 Å². The number of aromatic carboxylic acids is 1. The quantitative estimate of drug-likeness (QED) is 0.257. The van der Waals surface area contributed by atoms with E-state index < -0.39 is 18.6 Å². The number of rotatable bonds is 8. The fourth-order valence-electron chi connectivity index (χ4n) is 3.14. The number of carboxylic acids is 1. The topological polar surface area (TPSA) is 64.3 Å². The number of benzene rings is 2. The second-order valence-electron chi connectivity index (χ2n) is 7.73. The lowest BCUT2D eigenvalue weighted by Crippen LogP contribution is -2.08. The molecule has 0 aliphatic rings. The molecule has 1 atom stereocenters. The van der Waals surface area contributed by atoms with Crippen LogP contribution in [-0.2, 0) is 13.7 Å². The molecule has 0 aliphatic carbocycles. The average molecular weight is 507 g/mol. The van der Waals surface area contributed by atoms with Crippen LogP contribution in [0.4, 0.5) is 13.2 Å². The molecule has 1 aromatic heterocycles. The summed E-state index contributed by atoms with van der Waals surface area (Å²) in [6.07, 6.45) is -0.318. The molecule has 3 aromatic rings. The first-order valence-corrected chi connectivity index (χ1v) is 11.7. The summed E-state index contributed by atoms with van der Waals surface area (Å²) in [5.41, 5.74) is 2.48. The van der Waals surface area contributed by atoms with E-state index in [2.05, 4.69) is 14.2 Å². The third-order valence-electron chi connectivity index (χ3n) is 5.18. The average Bonchev–Trinajstić information content (AvgIpc) is 3.15. The van der Waals surface area contributed by atoms with Gasteiger partial charge >= 0.3 is 12.1 Å². The molecule has 0 fully saturated rings. The van der Waals surface area contributed by atoms with Gasteiger partial charge in [0.15, 0.2) is 0 Å². The summed E-state index contributed by atoms with van der Waals surface area (Å²) in [5, 5.41) is 10.1. The van der Waals surface area contributed by atoms with Gasteiger partial charge < -0.3 is 14.4 Å². The van der Waals surface area contributed by atoms with Crippen LogP contribution in [0.3, 0.4) is 0 Å². The number of alkyl halides is 3. The van der Waals surface area contributed by atoms with Gasteiger partial charge in [-0.1, -0.05) is 61.2 Å². The fourth-order valence-corrected chi connectivity index (χ4v) is 3.23. The van der Waals surface area contributed by atoms with Gasteiger partial charge in [-0.05, 0) is 37.1 Å². The number of para-hydroxylation sites is 3. The number of halogens is 3. The Hall–Kier alpha value is -3.12. The molecule has 188 valence electrons. The first kappa shape index (κ1) is 28.1. The van der Waals surface area contributed by atoms with Crippen molar-refractivity contribution in [3.63, 3.8) is 0 Å². The number of ether oxygens (including phenoxy) is 1. The van der Waals surface area contributed by atoms with Crippen molar-refractivity contribution in [3.8, 4) is 5.75 Å². The van der Waals surface area contributed by atoms with Gasteiger partial charge in [0, 0.05) is 7.05 Å². The molecule has 9 heteroatoms. The maximum Gasteiger partial charge on any atom is 0.392 e. The van der Waals surface area contributed by atoms with E-state index in [1.54, 1.807) is 37.3 Å². The summed E-state index contributed by atoms with van der Waals surface area (Å²) in [7, 11) is 4.42. The lowest BCUT2D eigenvalue weighted by Gasteiger charge is -2.08. The first-order chi connectivity index (χ1) is 16.6. The highest BCUT2D eigenvalue weighted by Gasteiger charge is 2.27. The minimum absolute atomic E-state index is 0.149. The molecule has 3 rings (SSSR count). The van der Waals surface area contributed by atoms with E-state index in [1.165, 1.54) is 6.07 Å². The zero-order valence-corrected chi connectivity index (χ0v) is 21.1. The van der Waals surface area contributed by atoms with Crippen LogP contribution in [-0.4, -0.2) is 26.8 Å². The Labute approximate surface area is 205 Å². The molecule has 1 unspecified atom stereocenters. The summed E-state index contributed by atoms with van der Waals surface area (Å²) in [6, 6.07) is 14.4. The molecule has 5 nitrogen and oxygen atoms in total. The third kappa shape index (κ3) is 8.87. The molecule has 0 aliphatic heterocycles. The van der Waals surface area contributed by atoms with Crippen molar-refractivity contribution in [2.45, 2.75) is 45.9 Å². The summed E-state index contributed by atoms with van der Waals surface area (Å²) in [5.74, 6) is 0.0871. The van der Waals surface area contributed by atoms with Crippen LogP contribution >= 0.6 is 9.24 Å². The van der Waals surface area contributed by atoms with Crippen molar-refractivity contribution >= 4 is 26.2 Å².